The lowest BCUT2D eigenvalue weighted by atomic mass is 10.1. The summed E-state index contributed by atoms with van der Waals surface area (Å²) >= 11 is 0. The number of amides is 1. The summed E-state index contributed by atoms with van der Waals surface area (Å²) in [5.41, 5.74) is -0.0216. The van der Waals surface area contributed by atoms with Crippen molar-refractivity contribution in [2.75, 3.05) is 29.9 Å². The van der Waals surface area contributed by atoms with Gasteiger partial charge < -0.3 is 15.0 Å². The van der Waals surface area contributed by atoms with Gasteiger partial charge in [-0.2, -0.15) is 13.2 Å². The number of benzene rings is 2. The molecule has 0 spiro atoms. The number of piperidine rings is 1. The minimum Gasteiger partial charge on any atom is -0.484 e. The van der Waals surface area contributed by atoms with E-state index in [9.17, 15) is 18.0 Å². The summed E-state index contributed by atoms with van der Waals surface area (Å²) in [5.74, 6) is 0.0179. The maximum Gasteiger partial charge on any atom is 0.416 e. The molecule has 144 valence electrons. The maximum atomic E-state index is 13.1. The van der Waals surface area contributed by atoms with E-state index in [1.54, 1.807) is 24.3 Å². The van der Waals surface area contributed by atoms with Gasteiger partial charge in [-0.3, -0.25) is 4.79 Å². The second-order valence-corrected chi connectivity index (χ2v) is 6.43. The highest BCUT2D eigenvalue weighted by Crippen LogP contribution is 2.36. The number of carbonyl (C=O) groups is 1. The van der Waals surface area contributed by atoms with Gasteiger partial charge in [0.2, 0.25) is 0 Å². The van der Waals surface area contributed by atoms with Crippen LogP contribution in [0.5, 0.6) is 5.75 Å². The minimum atomic E-state index is -4.47. The first-order chi connectivity index (χ1) is 12.9. The predicted octanol–water partition coefficient (Wildman–Crippen LogP) is 4.71. The van der Waals surface area contributed by atoms with Crippen molar-refractivity contribution < 1.29 is 22.7 Å². The van der Waals surface area contributed by atoms with E-state index in [1.165, 1.54) is 6.07 Å². The van der Waals surface area contributed by atoms with Gasteiger partial charge >= 0.3 is 6.18 Å². The van der Waals surface area contributed by atoms with Crippen molar-refractivity contribution >= 4 is 17.3 Å². The van der Waals surface area contributed by atoms with Gasteiger partial charge in [0.25, 0.3) is 5.91 Å². The van der Waals surface area contributed by atoms with Crippen molar-refractivity contribution in [1.82, 2.24) is 0 Å². The average molecular weight is 378 g/mol. The van der Waals surface area contributed by atoms with Crippen LogP contribution in [-0.4, -0.2) is 25.6 Å². The van der Waals surface area contributed by atoms with Crippen LogP contribution in [0.25, 0.3) is 0 Å². The minimum absolute atomic E-state index is 0.161. The summed E-state index contributed by atoms with van der Waals surface area (Å²) < 4.78 is 44.7. The molecule has 1 heterocycles. The van der Waals surface area contributed by atoms with Crippen molar-refractivity contribution in [2.45, 2.75) is 25.4 Å². The summed E-state index contributed by atoms with van der Waals surface area (Å²) in [6.07, 6.45) is -1.42. The van der Waals surface area contributed by atoms with Gasteiger partial charge in [-0.25, -0.2) is 0 Å². The third-order valence-electron chi connectivity index (χ3n) is 4.41. The molecule has 27 heavy (non-hydrogen) atoms. The van der Waals surface area contributed by atoms with Crippen LogP contribution in [0.4, 0.5) is 24.5 Å². The molecular formula is C20H21F3N2O2. The largest absolute Gasteiger partial charge is 0.484 e. The Morgan fingerprint density at radius 2 is 1.74 bits per heavy atom. The van der Waals surface area contributed by atoms with Gasteiger partial charge in [-0.15, -0.1) is 0 Å². The Bertz CT molecular complexity index is 773. The van der Waals surface area contributed by atoms with Gasteiger partial charge in [-0.05, 0) is 49.6 Å². The highest BCUT2D eigenvalue weighted by Gasteiger charge is 2.31. The molecule has 0 aliphatic carbocycles. The summed E-state index contributed by atoms with van der Waals surface area (Å²) in [5, 5.41) is 2.58. The summed E-state index contributed by atoms with van der Waals surface area (Å²) in [6.45, 7) is 1.24. The molecule has 1 N–H and O–H groups in total. The molecule has 2 aromatic carbocycles. The molecule has 1 aliphatic heterocycles. The molecular weight excluding hydrogens is 357 g/mol. The number of hydrogen-bond acceptors (Lipinski definition) is 3. The molecule has 7 heteroatoms. The normalized spacial score (nSPS) is 14.7. The number of carbonyl (C=O) groups excluding carboxylic acids is 1. The van der Waals surface area contributed by atoms with E-state index in [0.717, 1.165) is 44.5 Å². The third-order valence-corrected chi connectivity index (χ3v) is 4.41. The molecule has 1 aliphatic rings. The number of alkyl halides is 3. The molecule has 1 fully saturated rings. The zero-order valence-corrected chi connectivity index (χ0v) is 14.8. The molecule has 1 amide bonds. The first-order valence-corrected chi connectivity index (χ1v) is 8.87. The van der Waals surface area contributed by atoms with E-state index in [4.69, 9.17) is 4.74 Å². The van der Waals surface area contributed by atoms with Crippen molar-refractivity contribution in [3.05, 3.63) is 54.1 Å². The standard InChI is InChI=1S/C20H21F3N2O2/c21-20(22,23)15-9-10-18(25-11-5-2-6-12-25)17(13-15)24-19(26)14-27-16-7-3-1-4-8-16/h1,3-4,7-10,13H,2,5-6,11-12,14H2,(H,24,26). The van der Waals surface area contributed by atoms with Crippen molar-refractivity contribution in [3.8, 4) is 5.75 Å². The topological polar surface area (TPSA) is 41.6 Å². The fourth-order valence-corrected chi connectivity index (χ4v) is 3.07. The fraction of sp³-hybridized carbons (Fsp3) is 0.350. The van der Waals surface area contributed by atoms with Gasteiger partial charge in [0.15, 0.2) is 6.61 Å². The summed E-state index contributed by atoms with van der Waals surface area (Å²) in [4.78, 5) is 14.3. The molecule has 2 aromatic rings. The van der Waals surface area contributed by atoms with Crippen LogP contribution in [0.3, 0.4) is 0 Å². The number of hydrogen-bond donors (Lipinski definition) is 1. The molecule has 0 unspecified atom stereocenters. The highest BCUT2D eigenvalue weighted by molar-refractivity contribution is 5.95. The Kier molecular flexibility index (Phi) is 5.88. The molecule has 0 atom stereocenters. The molecule has 4 nitrogen and oxygen atoms in total. The van der Waals surface area contributed by atoms with Gasteiger partial charge in [0, 0.05) is 13.1 Å². The van der Waals surface area contributed by atoms with Crippen LogP contribution in [0.15, 0.2) is 48.5 Å². The van der Waals surface area contributed by atoms with Crippen LogP contribution in [-0.2, 0) is 11.0 Å². The SMILES string of the molecule is O=C(COc1ccccc1)Nc1cc(C(F)(F)F)ccc1N1CCCCC1. The maximum absolute atomic E-state index is 13.1. The zero-order valence-electron chi connectivity index (χ0n) is 14.8. The molecule has 0 radical (unpaired) electrons. The van der Waals surface area contributed by atoms with Crippen LogP contribution in [0.2, 0.25) is 0 Å². The summed E-state index contributed by atoms with van der Waals surface area (Å²) in [7, 11) is 0. The zero-order chi connectivity index (χ0) is 19.3. The number of para-hydroxylation sites is 1. The van der Waals surface area contributed by atoms with Crippen molar-refractivity contribution in [1.29, 1.82) is 0 Å². The summed E-state index contributed by atoms with van der Waals surface area (Å²) in [6, 6.07) is 12.3. The Balaban J connectivity index is 1.76. The second kappa shape index (κ2) is 8.33. The van der Waals surface area contributed by atoms with E-state index in [2.05, 4.69) is 5.32 Å². The molecule has 0 aromatic heterocycles. The average Bonchev–Trinajstić information content (AvgIpc) is 2.67. The van der Waals surface area contributed by atoms with E-state index in [-0.39, 0.29) is 12.3 Å². The van der Waals surface area contributed by atoms with Crippen molar-refractivity contribution in [3.63, 3.8) is 0 Å². The lowest BCUT2D eigenvalue weighted by Gasteiger charge is -2.31. The van der Waals surface area contributed by atoms with E-state index in [0.29, 0.717) is 11.4 Å². The van der Waals surface area contributed by atoms with Gasteiger partial charge in [-0.1, -0.05) is 18.2 Å². The monoisotopic (exact) mass is 378 g/mol. The van der Waals surface area contributed by atoms with Crippen LogP contribution in [0, 0.1) is 0 Å². The fourth-order valence-electron chi connectivity index (χ4n) is 3.07. The molecule has 3 rings (SSSR count). The predicted molar refractivity (Wildman–Crippen MR) is 98.1 cm³/mol. The van der Waals surface area contributed by atoms with Crippen LogP contribution in [0.1, 0.15) is 24.8 Å². The van der Waals surface area contributed by atoms with Crippen LogP contribution < -0.4 is 15.0 Å². The van der Waals surface area contributed by atoms with E-state index < -0.39 is 17.6 Å². The number of rotatable bonds is 5. The third kappa shape index (κ3) is 5.15. The Morgan fingerprint density at radius 3 is 2.41 bits per heavy atom. The Morgan fingerprint density at radius 1 is 1.04 bits per heavy atom. The quantitative estimate of drug-likeness (QED) is 0.819. The van der Waals surface area contributed by atoms with Gasteiger partial charge in [0.05, 0.1) is 16.9 Å². The van der Waals surface area contributed by atoms with Gasteiger partial charge in [0.1, 0.15) is 5.75 Å². The molecule has 0 saturated carbocycles. The van der Waals surface area contributed by atoms with Crippen molar-refractivity contribution in [2.24, 2.45) is 0 Å². The first kappa shape index (κ1) is 19.1. The number of anilines is 2. The molecule has 0 bridgehead atoms. The first-order valence-electron chi connectivity index (χ1n) is 8.87. The molecule has 1 saturated heterocycles. The van der Waals surface area contributed by atoms with E-state index >= 15 is 0 Å². The van der Waals surface area contributed by atoms with E-state index in [1.807, 2.05) is 11.0 Å². The smallest absolute Gasteiger partial charge is 0.416 e. The lowest BCUT2D eigenvalue weighted by molar-refractivity contribution is -0.137. The number of halogens is 3. The lowest BCUT2D eigenvalue weighted by Crippen LogP contribution is -2.31. The second-order valence-electron chi connectivity index (χ2n) is 6.43. The van der Waals surface area contributed by atoms with Crippen LogP contribution >= 0.6 is 0 Å². The Hall–Kier alpha value is -2.70. The number of nitrogens with one attached hydrogen (secondary N) is 1. The highest BCUT2D eigenvalue weighted by atomic mass is 19.4. The number of nitrogens with zero attached hydrogens (tertiary/aromatic N) is 1. The number of ether oxygens (including phenoxy) is 1. The Labute approximate surface area is 155 Å².